The molecule has 1 fully saturated rings. The summed E-state index contributed by atoms with van der Waals surface area (Å²) in [5.41, 5.74) is 0.937. The third-order valence-corrected chi connectivity index (χ3v) is 3.42. The molecule has 1 aliphatic rings. The van der Waals surface area contributed by atoms with Crippen molar-refractivity contribution in [2.45, 2.75) is 51.1 Å². The first-order valence-electron chi connectivity index (χ1n) is 7.54. The van der Waals surface area contributed by atoms with E-state index in [2.05, 4.69) is 5.32 Å². The summed E-state index contributed by atoms with van der Waals surface area (Å²) in [4.78, 5) is 0. The van der Waals surface area contributed by atoms with Crippen molar-refractivity contribution in [3.63, 3.8) is 0 Å². The molecule has 0 spiro atoms. The van der Waals surface area contributed by atoms with Crippen LogP contribution in [0.15, 0.2) is 18.2 Å². The van der Waals surface area contributed by atoms with Gasteiger partial charge in [-0.25, -0.2) is 4.39 Å². The lowest BCUT2D eigenvalue weighted by Crippen LogP contribution is -2.15. The summed E-state index contributed by atoms with van der Waals surface area (Å²) in [7, 11) is 0. The number of unbranched alkanes of at least 4 members (excludes halogenated alkanes) is 3. The molecule has 3 nitrogen and oxygen atoms in total. The largest absolute Gasteiger partial charge is 0.493 e. The van der Waals surface area contributed by atoms with E-state index in [1.165, 1.54) is 18.9 Å². The molecule has 0 aromatic heterocycles. The Labute approximate surface area is 120 Å². The lowest BCUT2D eigenvalue weighted by atomic mass is 10.2. The summed E-state index contributed by atoms with van der Waals surface area (Å²) in [5, 5.41) is 12.0. The second kappa shape index (κ2) is 8.22. The van der Waals surface area contributed by atoms with E-state index in [0.29, 0.717) is 24.9 Å². The molecule has 0 unspecified atom stereocenters. The highest BCUT2D eigenvalue weighted by atomic mass is 19.1. The van der Waals surface area contributed by atoms with Crippen LogP contribution in [0, 0.1) is 5.82 Å². The van der Waals surface area contributed by atoms with Crippen LogP contribution in [-0.4, -0.2) is 24.4 Å². The smallest absolute Gasteiger partial charge is 0.127 e. The van der Waals surface area contributed by atoms with Crippen molar-refractivity contribution < 1.29 is 14.2 Å². The second-order valence-electron chi connectivity index (χ2n) is 5.44. The van der Waals surface area contributed by atoms with Gasteiger partial charge in [-0.2, -0.15) is 0 Å². The van der Waals surface area contributed by atoms with E-state index in [0.717, 1.165) is 31.2 Å². The molecule has 2 N–H and O–H groups in total. The van der Waals surface area contributed by atoms with Crippen molar-refractivity contribution in [3.8, 4) is 5.75 Å². The topological polar surface area (TPSA) is 41.5 Å². The van der Waals surface area contributed by atoms with Crippen molar-refractivity contribution in [2.24, 2.45) is 0 Å². The van der Waals surface area contributed by atoms with E-state index in [1.807, 2.05) is 6.07 Å². The number of rotatable bonds is 10. The SMILES string of the molecule is OCCCCCCOc1cc(F)cc(CNC2CC2)c1. The van der Waals surface area contributed by atoms with Crippen LogP contribution in [-0.2, 0) is 6.54 Å². The molecule has 0 bridgehead atoms. The van der Waals surface area contributed by atoms with Crippen LogP contribution < -0.4 is 10.1 Å². The molecule has 0 saturated heterocycles. The molecule has 20 heavy (non-hydrogen) atoms. The fourth-order valence-corrected chi connectivity index (χ4v) is 2.11. The van der Waals surface area contributed by atoms with Gasteiger partial charge in [0.05, 0.1) is 6.61 Å². The Morgan fingerprint density at radius 2 is 1.95 bits per heavy atom. The summed E-state index contributed by atoms with van der Waals surface area (Å²) in [6.07, 6.45) is 6.29. The maximum atomic E-state index is 13.5. The molecule has 2 rings (SSSR count). The average molecular weight is 281 g/mol. The van der Waals surface area contributed by atoms with Crippen molar-refractivity contribution >= 4 is 0 Å². The Bertz CT molecular complexity index is 407. The normalized spacial score (nSPS) is 14.5. The zero-order chi connectivity index (χ0) is 14.2. The number of hydrogen-bond donors (Lipinski definition) is 2. The van der Waals surface area contributed by atoms with E-state index < -0.39 is 0 Å². The third kappa shape index (κ3) is 5.88. The minimum Gasteiger partial charge on any atom is -0.493 e. The van der Waals surface area contributed by atoms with Crippen LogP contribution in [0.2, 0.25) is 0 Å². The van der Waals surface area contributed by atoms with E-state index in [4.69, 9.17) is 9.84 Å². The van der Waals surface area contributed by atoms with Gasteiger partial charge in [0.2, 0.25) is 0 Å². The average Bonchev–Trinajstić information content (AvgIpc) is 3.24. The van der Waals surface area contributed by atoms with Crippen LogP contribution in [0.4, 0.5) is 4.39 Å². The third-order valence-electron chi connectivity index (χ3n) is 3.42. The molecule has 1 aromatic rings. The first kappa shape index (κ1) is 15.3. The van der Waals surface area contributed by atoms with Crippen molar-refractivity contribution in [2.75, 3.05) is 13.2 Å². The van der Waals surface area contributed by atoms with Crippen molar-refractivity contribution in [3.05, 3.63) is 29.6 Å². The van der Waals surface area contributed by atoms with Crippen LogP contribution in [0.1, 0.15) is 44.1 Å². The monoisotopic (exact) mass is 281 g/mol. The fraction of sp³-hybridized carbons (Fsp3) is 0.625. The molecule has 0 aliphatic heterocycles. The number of benzene rings is 1. The number of aliphatic hydroxyl groups is 1. The molecule has 0 heterocycles. The lowest BCUT2D eigenvalue weighted by Gasteiger charge is -2.09. The van der Waals surface area contributed by atoms with Crippen LogP contribution in [0.3, 0.4) is 0 Å². The predicted octanol–water partition coefficient (Wildman–Crippen LogP) is 3.01. The van der Waals surface area contributed by atoms with Crippen molar-refractivity contribution in [1.82, 2.24) is 5.32 Å². The maximum Gasteiger partial charge on any atom is 0.127 e. The van der Waals surface area contributed by atoms with Gasteiger partial charge in [-0.3, -0.25) is 0 Å². The van der Waals surface area contributed by atoms with Gasteiger partial charge in [-0.05, 0) is 49.8 Å². The maximum absolute atomic E-state index is 13.5. The molecular weight excluding hydrogens is 257 g/mol. The first-order chi connectivity index (χ1) is 9.78. The Balaban J connectivity index is 1.72. The van der Waals surface area contributed by atoms with E-state index in [1.54, 1.807) is 6.07 Å². The number of hydrogen-bond acceptors (Lipinski definition) is 3. The van der Waals surface area contributed by atoms with Gasteiger partial charge in [0, 0.05) is 25.3 Å². The van der Waals surface area contributed by atoms with E-state index in [9.17, 15) is 4.39 Å². The van der Waals surface area contributed by atoms with E-state index in [-0.39, 0.29) is 12.4 Å². The standard InChI is InChI=1S/C16H24FNO2/c17-14-9-13(12-18-15-5-6-15)10-16(11-14)20-8-4-2-1-3-7-19/h9-11,15,18-19H,1-8,12H2. The summed E-state index contributed by atoms with van der Waals surface area (Å²) in [6, 6.07) is 5.53. The number of ether oxygens (including phenoxy) is 1. The van der Waals surface area contributed by atoms with Gasteiger partial charge < -0.3 is 15.2 Å². The van der Waals surface area contributed by atoms with Crippen LogP contribution >= 0.6 is 0 Å². The van der Waals surface area contributed by atoms with Gasteiger partial charge in [0.25, 0.3) is 0 Å². The molecule has 0 atom stereocenters. The number of nitrogens with one attached hydrogen (secondary N) is 1. The Hall–Kier alpha value is -1.13. The summed E-state index contributed by atoms with van der Waals surface area (Å²) < 4.78 is 19.1. The van der Waals surface area contributed by atoms with Gasteiger partial charge in [0.1, 0.15) is 11.6 Å². The van der Waals surface area contributed by atoms with E-state index >= 15 is 0 Å². The van der Waals surface area contributed by atoms with Gasteiger partial charge in [0.15, 0.2) is 0 Å². The molecule has 0 amide bonds. The second-order valence-corrected chi connectivity index (χ2v) is 5.44. The highest BCUT2D eigenvalue weighted by Crippen LogP contribution is 2.21. The lowest BCUT2D eigenvalue weighted by molar-refractivity contribution is 0.273. The van der Waals surface area contributed by atoms with Gasteiger partial charge >= 0.3 is 0 Å². The minimum atomic E-state index is -0.240. The molecule has 1 aliphatic carbocycles. The van der Waals surface area contributed by atoms with Crippen LogP contribution in [0.5, 0.6) is 5.75 Å². The highest BCUT2D eigenvalue weighted by molar-refractivity contribution is 5.29. The van der Waals surface area contributed by atoms with Crippen LogP contribution in [0.25, 0.3) is 0 Å². The Morgan fingerprint density at radius 3 is 2.70 bits per heavy atom. The first-order valence-corrected chi connectivity index (χ1v) is 7.54. The Kier molecular flexibility index (Phi) is 6.27. The fourth-order valence-electron chi connectivity index (χ4n) is 2.11. The zero-order valence-corrected chi connectivity index (χ0v) is 11.9. The molecule has 1 aromatic carbocycles. The molecule has 0 radical (unpaired) electrons. The molecule has 112 valence electrons. The van der Waals surface area contributed by atoms with Gasteiger partial charge in [-0.1, -0.05) is 6.42 Å². The Morgan fingerprint density at radius 1 is 1.15 bits per heavy atom. The number of halogens is 1. The predicted molar refractivity (Wildman–Crippen MR) is 77.3 cm³/mol. The zero-order valence-electron chi connectivity index (χ0n) is 11.9. The summed E-state index contributed by atoms with van der Waals surface area (Å²) >= 11 is 0. The summed E-state index contributed by atoms with van der Waals surface area (Å²) in [5.74, 6) is 0.370. The van der Waals surface area contributed by atoms with Crippen molar-refractivity contribution in [1.29, 1.82) is 0 Å². The quantitative estimate of drug-likeness (QED) is 0.648. The highest BCUT2D eigenvalue weighted by Gasteiger charge is 2.20. The van der Waals surface area contributed by atoms with Gasteiger partial charge in [-0.15, -0.1) is 0 Å². The molecule has 1 saturated carbocycles. The molecule has 4 heteroatoms. The summed E-state index contributed by atoms with van der Waals surface area (Å²) in [6.45, 7) is 1.56. The molecular formula is C16H24FNO2. The minimum absolute atomic E-state index is 0.240. The number of aliphatic hydroxyl groups excluding tert-OH is 1.